The lowest BCUT2D eigenvalue weighted by atomic mass is 10.0. The Morgan fingerprint density at radius 2 is 1.79 bits per heavy atom. The summed E-state index contributed by atoms with van der Waals surface area (Å²) in [5.74, 6) is 0.534. The smallest absolute Gasteiger partial charge is 0.0953 e. The lowest BCUT2D eigenvalue weighted by Gasteiger charge is -2.26. The van der Waals surface area contributed by atoms with E-state index in [-0.39, 0.29) is 12.2 Å². The predicted molar refractivity (Wildman–Crippen MR) is 82.4 cm³/mol. The molecule has 2 nitrogen and oxygen atoms in total. The van der Waals surface area contributed by atoms with Crippen LogP contribution in [0.3, 0.4) is 0 Å². The third kappa shape index (κ3) is 5.75. The SMILES string of the molecule is Cc1cccc(C(CNC(C)C)OC(C)C(C)C)c1. The molecule has 0 heterocycles. The van der Waals surface area contributed by atoms with E-state index in [1.165, 1.54) is 11.1 Å². The second-order valence-electron chi connectivity index (χ2n) is 6.05. The van der Waals surface area contributed by atoms with Gasteiger partial charge in [-0.05, 0) is 25.3 Å². The molecule has 1 aromatic carbocycles. The van der Waals surface area contributed by atoms with Crippen LogP contribution >= 0.6 is 0 Å². The normalized spacial score (nSPS) is 14.9. The molecular formula is C17H29NO. The van der Waals surface area contributed by atoms with Gasteiger partial charge < -0.3 is 10.1 Å². The van der Waals surface area contributed by atoms with E-state index in [9.17, 15) is 0 Å². The summed E-state index contributed by atoms with van der Waals surface area (Å²) < 4.78 is 6.24. The Kier molecular flexibility index (Phi) is 6.53. The molecular weight excluding hydrogens is 234 g/mol. The Labute approximate surface area is 118 Å². The lowest BCUT2D eigenvalue weighted by Crippen LogP contribution is -2.31. The van der Waals surface area contributed by atoms with Gasteiger partial charge in [-0.2, -0.15) is 0 Å². The maximum Gasteiger partial charge on any atom is 0.0953 e. The fraction of sp³-hybridized carbons (Fsp3) is 0.647. The molecule has 19 heavy (non-hydrogen) atoms. The summed E-state index contributed by atoms with van der Waals surface area (Å²) in [7, 11) is 0. The number of rotatable bonds is 7. The number of ether oxygens (including phenoxy) is 1. The largest absolute Gasteiger partial charge is 0.369 e. The van der Waals surface area contributed by atoms with Crippen LogP contribution in [0.25, 0.3) is 0 Å². The molecule has 2 atom stereocenters. The monoisotopic (exact) mass is 263 g/mol. The zero-order valence-electron chi connectivity index (χ0n) is 13.2. The molecule has 0 aliphatic heterocycles. The summed E-state index contributed by atoms with van der Waals surface area (Å²) in [5.41, 5.74) is 2.55. The minimum Gasteiger partial charge on any atom is -0.369 e. The highest BCUT2D eigenvalue weighted by atomic mass is 16.5. The van der Waals surface area contributed by atoms with Crippen molar-refractivity contribution in [1.82, 2.24) is 5.32 Å². The van der Waals surface area contributed by atoms with Crippen molar-refractivity contribution in [2.75, 3.05) is 6.54 Å². The van der Waals surface area contributed by atoms with E-state index < -0.39 is 0 Å². The van der Waals surface area contributed by atoms with E-state index in [0.717, 1.165) is 6.54 Å². The predicted octanol–water partition coefficient (Wildman–Crippen LogP) is 4.10. The first kappa shape index (κ1) is 16.2. The first-order chi connectivity index (χ1) is 8.90. The molecule has 1 rings (SSSR count). The molecule has 0 radical (unpaired) electrons. The zero-order valence-corrected chi connectivity index (χ0v) is 13.2. The van der Waals surface area contributed by atoms with E-state index in [1.807, 2.05) is 0 Å². The lowest BCUT2D eigenvalue weighted by molar-refractivity contribution is -0.0267. The van der Waals surface area contributed by atoms with Crippen LogP contribution in [0.1, 0.15) is 51.8 Å². The number of nitrogens with one attached hydrogen (secondary N) is 1. The van der Waals surface area contributed by atoms with Crippen molar-refractivity contribution >= 4 is 0 Å². The fourth-order valence-corrected chi connectivity index (χ4v) is 1.87. The first-order valence-electron chi connectivity index (χ1n) is 7.35. The minimum absolute atomic E-state index is 0.125. The molecule has 2 heteroatoms. The molecule has 0 fully saturated rings. The second kappa shape index (κ2) is 7.66. The van der Waals surface area contributed by atoms with E-state index in [1.54, 1.807) is 0 Å². The molecule has 0 aliphatic carbocycles. The number of hydrogen-bond acceptors (Lipinski definition) is 2. The van der Waals surface area contributed by atoms with Gasteiger partial charge in [-0.25, -0.2) is 0 Å². The van der Waals surface area contributed by atoms with E-state index in [2.05, 4.69) is 71.1 Å². The van der Waals surface area contributed by atoms with Crippen LogP contribution in [0.2, 0.25) is 0 Å². The number of aryl methyl sites for hydroxylation is 1. The van der Waals surface area contributed by atoms with Gasteiger partial charge in [0.15, 0.2) is 0 Å². The average molecular weight is 263 g/mol. The number of hydrogen-bond donors (Lipinski definition) is 1. The summed E-state index contributed by atoms with van der Waals surface area (Å²) in [4.78, 5) is 0. The first-order valence-corrected chi connectivity index (χ1v) is 7.35. The molecule has 0 saturated heterocycles. The van der Waals surface area contributed by atoms with Crippen LogP contribution in [0.15, 0.2) is 24.3 Å². The molecule has 1 aromatic rings. The molecule has 0 aromatic heterocycles. The molecule has 2 unspecified atom stereocenters. The second-order valence-corrected chi connectivity index (χ2v) is 6.05. The maximum atomic E-state index is 6.24. The van der Waals surface area contributed by atoms with Crippen LogP contribution in [0.4, 0.5) is 0 Å². The van der Waals surface area contributed by atoms with Crippen molar-refractivity contribution in [1.29, 1.82) is 0 Å². The van der Waals surface area contributed by atoms with Crippen molar-refractivity contribution < 1.29 is 4.74 Å². The Balaban J connectivity index is 2.79. The zero-order chi connectivity index (χ0) is 14.4. The Bertz CT molecular complexity index is 373. The fourth-order valence-electron chi connectivity index (χ4n) is 1.87. The van der Waals surface area contributed by atoms with Crippen LogP contribution < -0.4 is 5.32 Å². The number of benzene rings is 1. The topological polar surface area (TPSA) is 21.3 Å². The van der Waals surface area contributed by atoms with Crippen LogP contribution in [-0.2, 0) is 4.74 Å². The van der Waals surface area contributed by atoms with Crippen molar-refractivity contribution in [3.63, 3.8) is 0 Å². The van der Waals surface area contributed by atoms with Gasteiger partial charge in [0.1, 0.15) is 0 Å². The third-order valence-corrected chi connectivity index (χ3v) is 3.44. The molecule has 0 amide bonds. The quantitative estimate of drug-likeness (QED) is 0.800. The van der Waals surface area contributed by atoms with E-state index in [0.29, 0.717) is 12.0 Å². The summed E-state index contributed by atoms with van der Waals surface area (Å²) in [6.07, 6.45) is 0.388. The van der Waals surface area contributed by atoms with Gasteiger partial charge in [-0.15, -0.1) is 0 Å². The van der Waals surface area contributed by atoms with Crippen molar-refractivity contribution in [2.45, 2.75) is 59.8 Å². The van der Waals surface area contributed by atoms with Gasteiger partial charge in [0.2, 0.25) is 0 Å². The molecule has 108 valence electrons. The third-order valence-electron chi connectivity index (χ3n) is 3.44. The minimum atomic E-state index is 0.125. The maximum absolute atomic E-state index is 6.24. The van der Waals surface area contributed by atoms with Crippen molar-refractivity contribution in [3.05, 3.63) is 35.4 Å². The average Bonchev–Trinajstić information content (AvgIpc) is 2.33. The Morgan fingerprint density at radius 1 is 1.11 bits per heavy atom. The van der Waals surface area contributed by atoms with Gasteiger partial charge in [-0.1, -0.05) is 57.5 Å². The highest BCUT2D eigenvalue weighted by molar-refractivity contribution is 5.24. The van der Waals surface area contributed by atoms with E-state index >= 15 is 0 Å². The summed E-state index contributed by atoms with van der Waals surface area (Å²) in [5, 5.41) is 3.48. The Morgan fingerprint density at radius 3 is 2.32 bits per heavy atom. The summed E-state index contributed by atoms with van der Waals surface area (Å²) in [6.45, 7) is 13.9. The Hall–Kier alpha value is -0.860. The van der Waals surface area contributed by atoms with Gasteiger partial charge in [0, 0.05) is 12.6 Å². The van der Waals surface area contributed by atoms with Gasteiger partial charge >= 0.3 is 0 Å². The molecule has 0 spiro atoms. The standard InChI is InChI=1S/C17H29NO/c1-12(2)15(6)19-17(11-18-13(3)4)16-9-7-8-14(5)10-16/h7-10,12-13,15,17-18H,11H2,1-6H3. The van der Waals surface area contributed by atoms with E-state index in [4.69, 9.17) is 4.74 Å². The van der Waals surface area contributed by atoms with Crippen LogP contribution in [-0.4, -0.2) is 18.7 Å². The van der Waals surface area contributed by atoms with Crippen molar-refractivity contribution in [2.24, 2.45) is 5.92 Å². The van der Waals surface area contributed by atoms with Crippen LogP contribution in [0, 0.1) is 12.8 Å². The highest BCUT2D eigenvalue weighted by Gasteiger charge is 2.18. The summed E-state index contributed by atoms with van der Waals surface area (Å²) >= 11 is 0. The molecule has 0 aliphatic rings. The van der Waals surface area contributed by atoms with Crippen LogP contribution in [0.5, 0.6) is 0 Å². The summed E-state index contributed by atoms with van der Waals surface area (Å²) in [6, 6.07) is 9.09. The van der Waals surface area contributed by atoms with Crippen molar-refractivity contribution in [3.8, 4) is 0 Å². The molecule has 0 saturated carbocycles. The highest BCUT2D eigenvalue weighted by Crippen LogP contribution is 2.22. The van der Waals surface area contributed by atoms with Gasteiger partial charge in [-0.3, -0.25) is 0 Å². The molecule has 1 N–H and O–H groups in total. The molecule has 0 bridgehead atoms. The van der Waals surface area contributed by atoms with Gasteiger partial charge in [0.25, 0.3) is 0 Å². The van der Waals surface area contributed by atoms with Gasteiger partial charge in [0.05, 0.1) is 12.2 Å².